The molecule has 0 saturated carbocycles. The van der Waals surface area contributed by atoms with Gasteiger partial charge in [0.1, 0.15) is 17.1 Å². The lowest BCUT2D eigenvalue weighted by Crippen LogP contribution is -2.37. The van der Waals surface area contributed by atoms with Crippen molar-refractivity contribution in [2.45, 2.75) is 19.1 Å². The SMILES string of the molecule is COc1cccc2c(N=C(N)CN3CCc4ccc(-c5cnc(C(F)(F)F)nc5)cc4C3)nc(N)nc12. The van der Waals surface area contributed by atoms with Gasteiger partial charge in [-0.25, -0.2) is 19.9 Å². The van der Waals surface area contributed by atoms with E-state index in [-0.39, 0.29) is 5.95 Å². The summed E-state index contributed by atoms with van der Waals surface area (Å²) in [5.41, 5.74) is 16.2. The smallest absolute Gasteiger partial charge is 0.451 e. The predicted octanol–water partition coefficient (Wildman–Crippen LogP) is 3.74. The Hall–Kier alpha value is -4.32. The van der Waals surface area contributed by atoms with E-state index in [0.717, 1.165) is 24.1 Å². The predicted molar refractivity (Wildman–Crippen MR) is 133 cm³/mol. The summed E-state index contributed by atoms with van der Waals surface area (Å²) >= 11 is 0. The number of amidine groups is 1. The van der Waals surface area contributed by atoms with Gasteiger partial charge in [-0.1, -0.05) is 18.2 Å². The molecule has 1 aliphatic heterocycles. The lowest BCUT2D eigenvalue weighted by molar-refractivity contribution is -0.144. The number of methoxy groups -OCH3 is 1. The first kappa shape index (κ1) is 24.4. The van der Waals surface area contributed by atoms with Gasteiger partial charge in [0.05, 0.1) is 13.7 Å². The van der Waals surface area contributed by atoms with E-state index in [1.54, 1.807) is 13.2 Å². The average molecular weight is 509 g/mol. The number of rotatable bonds is 5. The second-order valence-electron chi connectivity index (χ2n) is 8.60. The van der Waals surface area contributed by atoms with Crippen LogP contribution in [-0.4, -0.2) is 50.9 Å². The number of nitrogens with zero attached hydrogens (tertiary/aromatic N) is 6. The number of benzene rings is 2. The van der Waals surface area contributed by atoms with E-state index in [4.69, 9.17) is 16.2 Å². The highest BCUT2D eigenvalue weighted by atomic mass is 19.4. The molecule has 4 aromatic rings. The van der Waals surface area contributed by atoms with Gasteiger partial charge in [0.15, 0.2) is 5.82 Å². The third kappa shape index (κ3) is 5.14. The lowest BCUT2D eigenvalue weighted by atomic mass is 9.95. The summed E-state index contributed by atoms with van der Waals surface area (Å²) in [5.74, 6) is 0.185. The Kier molecular flexibility index (Phi) is 6.34. The zero-order chi connectivity index (χ0) is 26.2. The van der Waals surface area contributed by atoms with Crippen LogP contribution in [0, 0.1) is 0 Å². The molecular weight excluding hydrogens is 485 g/mol. The van der Waals surface area contributed by atoms with Crippen molar-refractivity contribution in [2.75, 3.05) is 25.9 Å². The molecule has 1 aliphatic rings. The minimum Gasteiger partial charge on any atom is -0.494 e. The van der Waals surface area contributed by atoms with E-state index in [1.165, 1.54) is 18.0 Å². The van der Waals surface area contributed by atoms with Crippen LogP contribution in [0.25, 0.3) is 22.0 Å². The molecule has 4 N–H and O–H groups in total. The van der Waals surface area contributed by atoms with Crippen LogP contribution >= 0.6 is 0 Å². The van der Waals surface area contributed by atoms with Crippen LogP contribution in [0.1, 0.15) is 17.0 Å². The summed E-state index contributed by atoms with van der Waals surface area (Å²) in [4.78, 5) is 22.1. The molecule has 3 heterocycles. The number of aromatic nitrogens is 4. The summed E-state index contributed by atoms with van der Waals surface area (Å²) in [7, 11) is 1.55. The van der Waals surface area contributed by atoms with Crippen LogP contribution in [0.4, 0.5) is 24.9 Å². The molecule has 5 rings (SSSR count). The first-order valence-corrected chi connectivity index (χ1v) is 11.4. The topological polar surface area (TPSA) is 128 Å². The molecule has 0 amide bonds. The van der Waals surface area contributed by atoms with Gasteiger partial charge in [-0.3, -0.25) is 4.90 Å². The summed E-state index contributed by atoms with van der Waals surface area (Å²) in [6.45, 7) is 1.76. The first-order valence-electron chi connectivity index (χ1n) is 11.4. The van der Waals surface area contributed by atoms with Gasteiger partial charge >= 0.3 is 6.18 Å². The monoisotopic (exact) mass is 508 g/mol. The van der Waals surface area contributed by atoms with E-state index >= 15 is 0 Å². The number of nitrogen functional groups attached to an aromatic ring is 1. The van der Waals surface area contributed by atoms with Crippen LogP contribution in [0.5, 0.6) is 5.75 Å². The number of fused-ring (bicyclic) bond motifs is 2. The molecule has 0 saturated heterocycles. The number of halogens is 3. The van der Waals surface area contributed by atoms with Gasteiger partial charge in [-0.15, -0.1) is 0 Å². The van der Waals surface area contributed by atoms with Crippen molar-refractivity contribution in [3.63, 3.8) is 0 Å². The number of anilines is 1. The molecule has 12 heteroatoms. The summed E-state index contributed by atoms with van der Waals surface area (Å²) in [5, 5.41) is 0.670. The average Bonchev–Trinajstić information content (AvgIpc) is 2.87. The van der Waals surface area contributed by atoms with Crippen molar-refractivity contribution in [1.29, 1.82) is 0 Å². The first-order chi connectivity index (χ1) is 17.7. The van der Waals surface area contributed by atoms with Gasteiger partial charge in [-0.05, 0) is 41.3 Å². The largest absolute Gasteiger partial charge is 0.494 e. The Balaban J connectivity index is 1.35. The van der Waals surface area contributed by atoms with Crippen molar-refractivity contribution < 1.29 is 17.9 Å². The zero-order valence-corrected chi connectivity index (χ0v) is 19.8. The molecule has 0 atom stereocenters. The van der Waals surface area contributed by atoms with Crippen molar-refractivity contribution >= 4 is 28.5 Å². The minimum absolute atomic E-state index is 0.0650. The summed E-state index contributed by atoms with van der Waals surface area (Å²) in [6.07, 6.45) is -1.40. The number of hydrogen-bond acceptors (Lipinski definition) is 8. The maximum Gasteiger partial charge on any atom is 0.451 e. The highest BCUT2D eigenvalue weighted by molar-refractivity contribution is 5.96. The lowest BCUT2D eigenvalue weighted by Gasteiger charge is -2.28. The maximum absolute atomic E-state index is 12.8. The standard InChI is InChI=1S/C25H23F3N8O/c1-37-19-4-2-3-18-21(19)34-24(30)35-22(18)33-20(29)13-36-8-7-14-5-6-15(9-16(14)12-36)17-10-31-23(32-11-17)25(26,27)28/h2-6,9-11H,7-8,12-13H2,1H3,(H4,29,30,33,34,35). The second-order valence-corrected chi connectivity index (χ2v) is 8.60. The Morgan fingerprint density at radius 2 is 1.86 bits per heavy atom. The second kappa shape index (κ2) is 9.62. The highest BCUT2D eigenvalue weighted by Crippen LogP contribution is 2.31. The maximum atomic E-state index is 12.8. The molecule has 9 nitrogen and oxygen atoms in total. The molecule has 0 bridgehead atoms. The Morgan fingerprint density at radius 3 is 2.59 bits per heavy atom. The van der Waals surface area contributed by atoms with E-state index in [2.05, 4.69) is 29.8 Å². The molecule has 0 radical (unpaired) electrons. The number of aliphatic imine (C=N–C) groups is 1. The molecule has 190 valence electrons. The van der Waals surface area contributed by atoms with Gasteiger partial charge in [0, 0.05) is 36.4 Å². The molecule has 0 aliphatic carbocycles. The minimum atomic E-state index is -4.58. The normalized spacial score (nSPS) is 14.5. The van der Waals surface area contributed by atoms with Gasteiger partial charge < -0.3 is 16.2 Å². The third-order valence-electron chi connectivity index (χ3n) is 6.08. The summed E-state index contributed by atoms with van der Waals surface area (Å²) in [6, 6.07) is 11.2. The van der Waals surface area contributed by atoms with E-state index < -0.39 is 12.0 Å². The molecular formula is C25H23F3N8O. The third-order valence-corrected chi connectivity index (χ3v) is 6.08. The van der Waals surface area contributed by atoms with Crippen LogP contribution in [-0.2, 0) is 19.1 Å². The van der Waals surface area contributed by atoms with E-state index in [9.17, 15) is 13.2 Å². The number of para-hydroxylation sites is 1. The van der Waals surface area contributed by atoms with Crippen LogP contribution in [0.3, 0.4) is 0 Å². The van der Waals surface area contributed by atoms with E-state index in [1.807, 2.05) is 30.3 Å². The highest BCUT2D eigenvalue weighted by Gasteiger charge is 2.34. The van der Waals surface area contributed by atoms with Crippen molar-refractivity contribution in [3.05, 3.63) is 65.7 Å². The molecule has 0 spiro atoms. The number of alkyl halides is 3. The van der Waals surface area contributed by atoms with Crippen molar-refractivity contribution in [1.82, 2.24) is 24.8 Å². The molecule has 2 aromatic carbocycles. The number of nitrogens with two attached hydrogens (primary N) is 2. The summed E-state index contributed by atoms with van der Waals surface area (Å²) < 4.78 is 43.7. The molecule has 37 heavy (non-hydrogen) atoms. The van der Waals surface area contributed by atoms with Crippen molar-refractivity contribution in [3.8, 4) is 16.9 Å². The van der Waals surface area contributed by atoms with Gasteiger partial charge in [-0.2, -0.15) is 18.2 Å². The zero-order valence-electron chi connectivity index (χ0n) is 19.8. The molecule has 0 fully saturated rings. The van der Waals surface area contributed by atoms with Crippen molar-refractivity contribution in [2.24, 2.45) is 10.7 Å². The fourth-order valence-corrected chi connectivity index (χ4v) is 4.33. The Bertz CT molecular complexity index is 1490. The van der Waals surface area contributed by atoms with E-state index in [0.29, 0.717) is 47.0 Å². The number of ether oxygens (including phenoxy) is 1. The van der Waals surface area contributed by atoms with Gasteiger partial charge in [0.25, 0.3) is 0 Å². The Morgan fingerprint density at radius 1 is 1.08 bits per heavy atom. The Labute approximate surface area is 210 Å². The molecule has 0 unspecified atom stereocenters. The quantitative estimate of drug-likeness (QED) is 0.308. The van der Waals surface area contributed by atoms with Crippen LogP contribution in [0.15, 0.2) is 53.8 Å². The molecule has 2 aromatic heterocycles. The number of hydrogen-bond donors (Lipinski definition) is 2. The van der Waals surface area contributed by atoms with Crippen LogP contribution < -0.4 is 16.2 Å². The van der Waals surface area contributed by atoms with Crippen LogP contribution in [0.2, 0.25) is 0 Å². The van der Waals surface area contributed by atoms with Gasteiger partial charge in [0.2, 0.25) is 11.8 Å². The fourth-order valence-electron chi connectivity index (χ4n) is 4.33. The fraction of sp³-hybridized carbons (Fsp3) is 0.240.